The highest BCUT2D eigenvalue weighted by Gasteiger charge is 2.19. The van der Waals surface area contributed by atoms with Gasteiger partial charge in [0.25, 0.3) is 0 Å². The third-order valence-corrected chi connectivity index (χ3v) is 3.87. The fraction of sp³-hybridized carbons (Fsp3) is 0.929. The van der Waals surface area contributed by atoms with Crippen LogP contribution in [0.5, 0.6) is 0 Å². The normalized spacial score (nSPS) is 20.8. The summed E-state index contributed by atoms with van der Waals surface area (Å²) in [6, 6.07) is 0. The van der Waals surface area contributed by atoms with Crippen LogP contribution >= 0.6 is 24.0 Å². The van der Waals surface area contributed by atoms with Gasteiger partial charge >= 0.3 is 0 Å². The molecule has 1 aliphatic heterocycles. The van der Waals surface area contributed by atoms with Crippen LogP contribution in [0.3, 0.4) is 0 Å². The van der Waals surface area contributed by atoms with Crippen molar-refractivity contribution >= 4 is 29.9 Å². The Labute approximate surface area is 130 Å². The molecule has 108 valence electrons. The van der Waals surface area contributed by atoms with E-state index in [9.17, 15) is 0 Å². The Balaban J connectivity index is 0.00000289. The van der Waals surface area contributed by atoms with Crippen LogP contribution in [0.15, 0.2) is 4.99 Å². The summed E-state index contributed by atoms with van der Waals surface area (Å²) >= 11 is 0. The number of rotatable bonds is 4. The second kappa shape index (κ2) is 9.87. The van der Waals surface area contributed by atoms with E-state index in [0.29, 0.717) is 0 Å². The molecule has 1 heterocycles. The Kier molecular flexibility index (Phi) is 9.87. The summed E-state index contributed by atoms with van der Waals surface area (Å²) in [4.78, 5) is 6.83. The Morgan fingerprint density at radius 2 is 2.06 bits per heavy atom. The lowest BCUT2D eigenvalue weighted by Crippen LogP contribution is -2.47. The van der Waals surface area contributed by atoms with Gasteiger partial charge in [-0.25, -0.2) is 0 Å². The Morgan fingerprint density at radius 1 is 1.39 bits per heavy atom. The maximum Gasteiger partial charge on any atom is 0.193 e. The third-order valence-electron chi connectivity index (χ3n) is 3.87. The van der Waals surface area contributed by atoms with Crippen molar-refractivity contribution in [1.29, 1.82) is 0 Å². The third kappa shape index (κ3) is 5.76. The van der Waals surface area contributed by atoms with Gasteiger partial charge in [0.1, 0.15) is 0 Å². The van der Waals surface area contributed by atoms with E-state index in [1.807, 2.05) is 7.05 Å². The van der Waals surface area contributed by atoms with E-state index in [2.05, 4.69) is 36.0 Å². The zero-order chi connectivity index (χ0) is 12.7. The molecule has 0 saturated carbocycles. The minimum absolute atomic E-state index is 0. The molecular weight excluding hydrogens is 337 g/mol. The van der Waals surface area contributed by atoms with Crippen LogP contribution in [-0.2, 0) is 0 Å². The first-order valence-corrected chi connectivity index (χ1v) is 7.16. The highest BCUT2D eigenvalue weighted by molar-refractivity contribution is 14.0. The van der Waals surface area contributed by atoms with Crippen molar-refractivity contribution in [3.63, 3.8) is 0 Å². The minimum Gasteiger partial charge on any atom is -0.356 e. The molecule has 0 aromatic heterocycles. The van der Waals surface area contributed by atoms with Gasteiger partial charge in [-0.15, -0.1) is 24.0 Å². The van der Waals surface area contributed by atoms with Crippen molar-refractivity contribution in [2.75, 3.05) is 26.7 Å². The van der Waals surface area contributed by atoms with Gasteiger partial charge in [-0.2, -0.15) is 0 Å². The van der Waals surface area contributed by atoms with Gasteiger partial charge in [0.05, 0.1) is 0 Å². The first kappa shape index (κ1) is 18.0. The summed E-state index contributed by atoms with van der Waals surface area (Å²) < 4.78 is 0. The second-order valence-electron chi connectivity index (χ2n) is 5.30. The largest absolute Gasteiger partial charge is 0.356 e. The maximum atomic E-state index is 4.42. The summed E-state index contributed by atoms with van der Waals surface area (Å²) in [5.41, 5.74) is 0. The molecule has 1 atom stereocenters. The zero-order valence-electron chi connectivity index (χ0n) is 12.4. The molecule has 1 saturated heterocycles. The number of aliphatic imine (C=N–C) groups is 1. The number of nitrogens with zero attached hydrogens (tertiary/aromatic N) is 2. The highest BCUT2D eigenvalue weighted by Crippen LogP contribution is 2.15. The van der Waals surface area contributed by atoms with Crippen molar-refractivity contribution in [3.05, 3.63) is 0 Å². The molecule has 0 bridgehead atoms. The topological polar surface area (TPSA) is 27.6 Å². The molecule has 3 nitrogen and oxygen atoms in total. The van der Waals surface area contributed by atoms with Crippen LogP contribution < -0.4 is 5.32 Å². The van der Waals surface area contributed by atoms with Crippen LogP contribution in [0.2, 0.25) is 0 Å². The average Bonchev–Trinajstić information content (AvgIpc) is 2.35. The number of hydrogen-bond acceptors (Lipinski definition) is 1. The fourth-order valence-electron chi connectivity index (χ4n) is 2.53. The van der Waals surface area contributed by atoms with Crippen molar-refractivity contribution in [1.82, 2.24) is 10.2 Å². The van der Waals surface area contributed by atoms with Gasteiger partial charge in [0.15, 0.2) is 5.96 Å². The predicted octanol–water partition coefficient (Wildman–Crippen LogP) is 3.35. The van der Waals surface area contributed by atoms with E-state index in [1.54, 1.807) is 0 Å². The van der Waals surface area contributed by atoms with E-state index in [1.165, 1.54) is 25.7 Å². The molecule has 18 heavy (non-hydrogen) atoms. The van der Waals surface area contributed by atoms with Gasteiger partial charge in [-0.1, -0.05) is 33.6 Å². The van der Waals surface area contributed by atoms with E-state index < -0.39 is 0 Å². The molecule has 0 aromatic carbocycles. The summed E-state index contributed by atoms with van der Waals surface area (Å²) in [6.45, 7) is 10.2. The van der Waals surface area contributed by atoms with Crippen LogP contribution in [0.25, 0.3) is 0 Å². The number of guanidine groups is 1. The van der Waals surface area contributed by atoms with E-state index >= 15 is 0 Å². The molecule has 0 radical (unpaired) electrons. The van der Waals surface area contributed by atoms with Crippen molar-refractivity contribution in [3.8, 4) is 0 Å². The molecule has 0 amide bonds. The molecule has 1 rings (SSSR count). The van der Waals surface area contributed by atoms with Crippen LogP contribution in [-0.4, -0.2) is 37.5 Å². The summed E-state index contributed by atoms with van der Waals surface area (Å²) in [7, 11) is 1.90. The number of halogens is 1. The predicted molar refractivity (Wildman–Crippen MR) is 90.8 cm³/mol. The van der Waals surface area contributed by atoms with Crippen molar-refractivity contribution < 1.29 is 0 Å². The first-order valence-electron chi connectivity index (χ1n) is 7.16. The van der Waals surface area contributed by atoms with Crippen molar-refractivity contribution in [2.24, 2.45) is 16.8 Å². The number of hydrogen-bond donors (Lipinski definition) is 1. The van der Waals surface area contributed by atoms with Gasteiger partial charge in [-0.3, -0.25) is 4.99 Å². The van der Waals surface area contributed by atoms with Crippen LogP contribution in [0, 0.1) is 11.8 Å². The first-order chi connectivity index (χ1) is 8.21. The number of nitrogens with one attached hydrogen (secondary N) is 1. The van der Waals surface area contributed by atoms with E-state index in [0.717, 1.165) is 37.4 Å². The maximum absolute atomic E-state index is 4.42. The second-order valence-corrected chi connectivity index (χ2v) is 5.30. The summed E-state index contributed by atoms with van der Waals surface area (Å²) in [5.74, 6) is 2.67. The van der Waals surface area contributed by atoms with Gasteiger partial charge < -0.3 is 10.2 Å². The lowest BCUT2D eigenvalue weighted by atomic mass is 10.0. The average molecular weight is 367 g/mol. The SMILES string of the molecule is CCC(CC)CNC(=NC)N1CCCC(C)C1.I. The lowest BCUT2D eigenvalue weighted by molar-refractivity contribution is 0.264. The molecule has 1 aliphatic rings. The number of likely N-dealkylation sites (tertiary alicyclic amines) is 1. The molecule has 0 aromatic rings. The monoisotopic (exact) mass is 367 g/mol. The van der Waals surface area contributed by atoms with E-state index in [4.69, 9.17) is 0 Å². The van der Waals surface area contributed by atoms with E-state index in [-0.39, 0.29) is 24.0 Å². The molecule has 1 N–H and O–H groups in total. The van der Waals surface area contributed by atoms with Gasteiger partial charge in [0.2, 0.25) is 0 Å². The molecular formula is C14H30IN3. The molecule has 4 heteroatoms. The Bertz CT molecular complexity index is 239. The minimum atomic E-state index is 0. The molecule has 1 unspecified atom stereocenters. The van der Waals surface area contributed by atoms with Gasteiger partial charge in [-0.05, 0) is 24.7 Å². The molecule has 1 fully saturated rings. The zero-order valence-corrected chi connectivity index (χ0v) is 14.7. The van der Waals surface area contributed by atoms with Crippen LogP contribution in [0.4, 0.5) is 0 Å². The highest BCUT2D eigenvalue weighted by atomic mass is 127. The summed E-state index contributed by atoms with van der Waals surface area (Å²) in [6.07, 6.45) is 5.15. The smallest absolute Gasteiger partial charge is 0.193 e. The molecule has 0 spiro atoms. The number of piperidine rings is 1. The quantitative estimate of drug-likeness (QED) is 0.469. The lowest BCUT2D eigenvalue weighted by Gasteiger charge is -2.34. The Morgan fingerprint density at radius 3 is 2.56 bits per heavy atom. The van der Waals surface area contributed by atoms with Crippen molar-refractivity contribution in [2.45, 2.75) is 46.5 Å². The standard InChI is InChI=1S/C14H29N3.HI/c1-5-13(6-2)10-16-14(15-4)17-9-7-8-12(3)11-17;/h12-13H,5-11H2,1-4H3,(H,15,16);1H. The Hall–Kier alpha value is 0. The molecule has 0 aliphatic carbocycles. The van der Waals surface area contributed by atoms with Gasteiger partial charge in [0, 0.05) is 26.7 Å². The van der Waals surface area contributed by atoms with Crippen LogP contribution in [0.1, 0.15) is 46.5 Å². The summed E-state index contributed by atoms with van der Waals surface area (Å²) in [5, 5.41) is 3.54. The fourth-order valence-corrected chi connectivity index (χ4v) is 2.53.